The molecule has 0 fully saturated rings. The van der Waals surface area contributed by atoms with Gasteiger partial charge in [-0.2, -0.15) is 0 Å². The predicted molar refractivity (Wildman–Crippen MR) is 109 cm³/mol. The molecule has 0 aromatic heterocycles. The van der Waals surface area contributed by atoms with E-state index in [1.54, 1.807) is 30.3 Å². The molecule has 0 saturated heterocycles. The minimum Gasteiger partial charge on any atom is -0.368 e. The van der Waals surface area contributed by atoms with Crippen LogP contribution in [0, 0.1) is 11.5 Å². The molecule has 1 rings (SSSR count). The first-order chi connectivity index (χ1) is 12.4. The second-order valence-electron chi connectivity index (χ2n) is 7.95. The van der Waals surface area contributed by atoms with Crippen molar-refractivity contribution in [2.75, 3.05) is 6.54 Å². The molecule has 0 aliphatic carbocycles. The van der Waals surface area contributed by atoms with Crippen molar-refractivity contribution in [1.29, 1.82) is 0 Å². The monoisotopic (exact) mass is 387 g/mol. The van der Waals surface area contributed by atoms with Gasteiger partial charge in [-0.25, -0.2) is 0 Å². The number of nitrogens with one attached hydrogen (secondary N) is 2. The van der Waals surface area contributed by atoms with Crippen molar-refractivity contribution in [1.82, 2.24) is 10.6 Å². The average Bonchev–Trinajstić information content (AvgIpc) is 2.58. The van der Waals surface area contributed by atoms with E-state index >= 15 is 0 Å². The van der Waals surface area contributed by atoms with Crippen molar-refractivity contribution < 1.29 is 14.4 Å². The van der Waals surface area contributed by atoms with Gasteiger partial charge >= 0.3 is 0 Å². The summed E-state index contributed by atoms with van der Waals surface area (Å²) in [4.78, 5) is 35.6. The van der Waals surface area contributed by atoms with Crippen LogP contribution in [-0.2, 0) is 9.59 Å². The number of primary amides is 1. The SMILES string of the molecule is CC(C)(C)[Si](C)(C)C#CC[C@H](NC(=O)CNC(=O)c1ccccc1)C(N)=O. The van der Waals surface area contributed by atoms with E-state index < -0.39 is 25.9 Å². The smallest absolute Gasteiger partial charge is 0.251 e. The molecule has 0 aliphatic rings. The van der Waals surface area contributed by atoms with Crippen LogP contribution in [0.25, 0.3) is 0 Å². The maximum Gasteiger partial charge on any atom is 0.251 e. The third-order valence-corrected chi connectivity index (χ3v) is 9.26. The van der Waals surface area contributed by atoms with Gasteiger partial charge in [0.05, 0.1) is 6.54 Å². The molecule has 6 nitrogen and oxygen atoms in total. The van der Waals surface area contributed by atoms with Gasteiger partial charge in [-0.3, -0.25) is 14.4 Å². The first-order valence-corrected chi connectivity index (χ1v) is 11.9. The van der Waals surface area contributed by atoms with Crippen LogP contribution in [0.3, 0.4) is 0 Å². The lowest BCUT2D eigenvalue weighted by Crippen LogP contribution is -2.47. The number of benzene rings is 1. The summed E-state index contributed by atoms with van der Waals surface area (Å²) in [5.74, 6) is 1.52. The maximum absolute atomic E-state index is 12.0. The molecule has 0 saturated carbocycles. The zero-order valence-electron chi connectivity index (χ0n) is 16.7. The third-order valence-electron chi connectivity index (χ3n) is 4.71. The van der Waals surface area contributed by atoms with Crippen LogP contribution in [0.15, 0.2) is 30.3 Å². The van der Waals surface area contributed by atoms with Crippen LogP contribution in [0.1, 0.15) is 37.6 Å². The van der Waals surface area contributed by atoms with Crippen molar-refractivity contribution in [3.05, 3.63) is 35.9 Å². The maximum atomic E-state index is 12.0. The number of nitrogens with two attached hydrogens (primary N) is 1. The number of hydrogen-bond donors (Lipinski definition) is 3. The third kappa shape index (κ3) is 7.27. The Morgan fingerprint density at radius 1 is 1.15 bits per heavy atom. The van der Waals surface area contributed by atoms with Gasteiger partial charge in [0.25, 0.3) is 5.91 Å². The quantitative estimate of drug-likeness (QED) is 0.513. The molecule has 0 radical (unpaired) electrons. The van der Waals surface area contributed by atoms with Crippen molar-refractivity contribution >= 4 is 25.8 Å². The summed E-state index contributed by atoms with van der Waals surface area (Å²) in [5, 5.41) is 5.15. The largest absolute Gasteiger partial charge is 0.368 e. The molecule has 4 N–H and O–H groups in total. The van der Waals surface area contributed by atoms with Gasteiger partial charge < -0.3 is 16.4 Å². The molecule has 27 heavy (non-hydrogen) atoms. The zero-order valence-corrected chi connectivity index (χ0v) is 17.7. The second-order valence-corrected chi connectivity index (χ2v) is 13.0. The Bertz CT molecular complexity index is 743. The van der Waals surface area contributed by atoms with E-state index in [9.17, 15) is 14.4 Å². The Hall–Kier alpha value is -2.59. The highest BCUT2D eigenvalue weighted by Crippen LogP contribution is 2.35. The fourth-order valence-corrected chi connectivity index (χ4v) is 2.80. The van der Waals surface area contributed by atoms with E-state index in [1.165, 1.54) is 0 Å². The number of carbonyl (C=O) groups excluding carboxylic acids is 3. The van der Waals surface area contributed by atoms with Crippen LogP contribution < -0.4 is 16.4 Å². The molecular weight excluding hydrogens is 358 g/mol. The molecule has 1 aromatic carbocycles. The van der Waals surface area contributed by atoms with Crippen molar-refractivity contribution in [2.45, 2.75) is 51.4 Å². The summed E-state index contributed by atoms with van der Waals surface area (Å²) in [6, 6.07) is 7.68. The fourth-order valence-electron chi connectivity index (χ4n) is 1.88. The summed E-state index contributed by atoms with van der Waals surface area (Å²) in [5.41, 5.74) is 9.12. The van der Waals surface area contributed by atoms with Gasteiger partial charge in [-0.15, -0.1) is 11.5 Å². The molecule has 0 spiro atoms. The highest BCUT2D eigenvalue weighted by Gasteiger charge is 2.33. The van der Waals surface area contributed by atoms with Gasteiger partial charge in [0.15, 0.2) is 0 Å². The second kappa shape index (κ2) is 9.37. The van der Waals surface area contributed by atoms with Crippen molar-refractivity contribution in [3.8, 4) is 11.5 Å². The Balaban J connectivity index is 2.61. The zero-order chi connectivity index (χ0) is 20.7. The highest BCUT2D eigenvalue weighted by atomic mass is 28.3. The Kier molecular flexibility index (Phi) is 7.79. The molecule has 1 aromatic rings. The van der Waals surface area contributed by atoms with E-state index in [2.05, 4.69) is 56.0 Å². The van der Waals surface area contributed by atoms with E-state index in [-0.39, 0.29) is 23.9 Å². The molecule has 0 bridgehead atoms. The predicted octanol–water partition coefficient (Wildman–Crippen LogP) is 1.83. The summed E-state index contributed by atoms with van der Waals surface area (Å²) in [6.07, 6.45) is 0.153. The van der Waals surface area contributed by atoms with Crippen LogP contribution >= 0.6 is 0 Å². The van der Waals surface area contributed by atoms with Gasteiger partial charge in [0.2, 0.25) is 11.8 Å². The Labute approximate surface area is 162 Å². The molecule has 0 unspecified atom stereocenters. The van der Waals surface area contributed by atoms with Gasteiger partial charge in [-0.1, -0.05) is 52.1 Å². The first kappa shape index (κ1) is 22.4. The highest BCUT2D eigenvalue weighted by molar-refractivity contribution is 6.87. The van der Waals surface area contributed by atoms with E-state index in [0.717, 1.165) is 0 Å². The molecular formula is C20H29N3O3Si. The topological polar surface area (TPSA) is 101 Å². The summed E-state index contributed by atoms with van der Waals surface area (Å²) < 4.78 is 0. The molecule has 0 aliphatic heterocycles. The fraction of sp³-hybridized carbons (Fsp3) is 0.450. The minimum atomic E-state index is -1.80. The number of carbonyl (C=O) groups is 3. The number of hydrogen-bond acceptors (Lipinski definition) is 3. The summed E-state index contributed by atoms with van der Waals surface area (Å²) in [7, 11) is -1.80. The molecule has 146 valence electrons. The van der Waals surface area contributed by atoms with Gasteiger partial charge in [0, 0.05) is 12.0 Å². The van der Waals surface area contributed by atoms with E-state index in [4.69, 9.17) is 5.73 Å². The van der Waals surface area contributed by atoms with Crippen LogP contribution in [0.5, 0.6) is 0 Å². The van der Waals surface area contributed by atoms with Gasteiger partial charge in [0.1, 0.15) is 14.1 Å². The lowest BCUT2D eigenvalue weighted by Gasteiger charge is -2.31. The number of rotatable bonds is 6. The van der Waals surface area contributed by atoms with E-state index in [1.807, 2.05) is 0 Å². The molecule has 3 amide bonds. The number of amides is 3. The first-order valence-electron chi connectivity index (χ1n) is 8.86. The average molecular weight is 388 g/mol. The Morgan fingerprint density at radius 2 is 1.74 bits per heavy atom. The van der Waals surface area contributed by atoms with Gasteiger partial charge in [-0.05, 0) is 17.2 Å². The van der Waals surface area contributed by atoms with Crippen molar-refractivity contribution in [3.63, 3.8) is 0 Å². The summed E-state index contributed by atoms with van der Waals surface area (Å²) >= 11 is 0. The standard InChI is InChI=1S/C20H29N3O3Si/c1-20(2,3)27(4,5)13-9-12-16(18(21)25)23-17(24)14-22-19(26)15-10-7-6-8-11-15/h6-8,10-11,16H,12,14H2,1-5H3,(H2,21,25)(H,22,26)(H,23,24)/t16-/m0/s1. The lowest BCUT2D eigenvalue weighted by molar-refractivity contribution is -0.126. The molecule has 1 atom stereocenters. The van der Waals surface area contributed by atoms with E-state index in [0.29, 0.717) is 5.56 Å². The summed E-state index contributed by atoms with van der Waals surface area (Å²) in [6.45, 7) is 10.5. The van der Waals surface area contributed by atoms with Crippen LogP contribution in [0.4, 0.5) is 0 Å². The van der Waals surface area contributed by atoms with Crippen LogP contribution in [0.2, 0.25) is 18.1 Å². The van der Waals surface area contributed by atoms with Crippen LogP contribution in [-0.4, -0.2) is 38.4 Å². The Morgan fingerprint density at radius 3 is 2.26 bits per heavy atom. The molecule has 7 heteroatoms. The lowest BCUT2D eigenvalue weighted by atomic mass is 10.2. The molecule has 0 heterocycles. The normalized spacial score (nSPS) is 12.3. The minimum absolute atomic E-state index is 0.104. The van der Waals surface area contributed by atoms with Crippen molar-refractivity contribution in [2.24, 2.45) is 5.73 Å².